The molecule has 230 valence electrons. The van der Waals surface area contributed by atoms with E-state index in [9.17, 15) is 39.9 Å². The van der Waals surface area contributed by atoms with Gasteiger partial charge in [-0.15, -0.1) is 0 Å². The van der Waals surface area contributed by atoms with Crippen molar-refractivity contribution >= 4 is 34.2 Å². The number of likely N-dealkylation sites (tertiary alicyclic amines) is 1. The van der Waals surface area contributed by atoms with Crippen molar-refractivity contribution in [1.82, 2.24) is 15.2 Å². The summed E-state index contributed by atoms with van der Waals surface area (Å²) in [6.45, 7) is 3.71. The molecule has 3 fully saturated rings. The number of ether oxygens (including phenoxy) is 1. The summed E-state index contributed by atoms with van der Waals surface area (Å²) >= 11 is 0. The summed E-state index contributed by atoms with van der Waals surface area (Å²) in [5.41, 5.74) is -1.07. The third-order valence-electron chi connectivity index (χ3n) is 9.56. The molecule has 0 bridgehead atoms. The highest BCUT2D eigenvalue weighted by atomic mass is 16.6. The molecule has 0 radical (unpaired) electrons. The van der Waals surface area contributed by atoms with Crippen molar-refractivity contribution < 1.29 is 44.7 Å². The molecule has 3 saturated heterocycles. The van der Waals surface area contributed by atoms with Gasteiger partial charge in [-0.2, -0.15) is 0 Å². The Balaban J connectivity index is 1.14. The molecule has 1 aromatic heterocycles. The maximum absolute atomic E-state index is 13.5. The zero-order valence-corrected chi connectivity index (χ0v) is 23.7. The van der Waals surface area contributed by atoms with E-state index in [1.165, 1.54) is 23.1 Å². The predicted molar refractivity (Wildman–Crippen MR) is 153 cm³/mol. The van der Waals surface area contributed by atoms with Crippen LogP contribution in [0.4, 0.5) is 5.69 Å². The Kier molecular flexibility index (Phi) is 6.47. The minimum atomic E-state index is -4.20. The molecule has 13 nitrogen and oxygen atoms in total. The quantitative estimate of drug-likeness (QED) is 0.165. The summed E-state index contributed by atoms with van der Waals surface area (Å²) in [4.78, 5) is 45.5. The highest BCUT2D eigenvalue weighted by Gasteiger charge is 2.76. The van der Waals surface area contributed by atoms with Crippen molar-refractivity contribution in [3.05, 3.63) is 71.0 Å². The van der Waals surface area contributed by atoms with Gasteiger partial charge in [-0.3, -0.25) is 34.5 Å². The average Bonchev–Trinajstić information content (AvgIpc) is 3.58. The molecule has 5 heterocycles. The van der Waals surface area contributed by atoms with E-state index < -0.39 is 35.0 Å². The topological polar surface area (TPSA) is 193 Å². The van der Waals surface area contributed by atoms with E-state index in [2.05, 4.69) is 22.0 Å². The van der Waals surface area contributed by atoms with Crippen LogP contribution in [0.1, 0.15) is 52.9 Å². The number of pyridine rings is 1. The molecule has 1 unspecified atom stereocenters. The standard InChI is InChI=1S/C31H32N4O9/c36-25-21-4-1-3-20-22(15-18-5-7-19(8-6-18)17-34-12-10-28(11-13-34)9-2-14-44-28)32-16-23(24(20)21)35(25)29(39)26(37)33-27(38)30(40,41)31(29,42)43/h1,3-8,16,39-43H,2,9-15,17H2,(H,33,37,38). The molecule has 7 rings (SSSR count). The number of aliphatic hydroxyl groups is 5. The van der Waals surface area contributed by atoms with Gasteiger partial charge in [0.2, 0.25) is 0 Å². The monoisotopic (exact) mass is 604 g/mol. The van der Waals surface area contributed by atoms with E-state index in [4.69, 9.17) is 4.74 Å². The number of imide groups is 1. The second kappa shape index (κ2) is 9.84. The predicted octanol–water partition coefficient (Wildman–Crippen LogP) is -0.362. The van der Waals surface area contributed by atoms with Crippen molar-refractivity contribution in [2.45, 2.75) is 61.5 Å². The molecular weight excluding hydrogens is 572 g/mol. The van der Waals surface area contributed by atoms with E-state index in [-0.39, 0.29) is 22.2 Å². The molecule has 13 heteroatoms. The first-order valence-electron chi connectivity index (χ1n) is 14.5. The summed E-state index contributed by atoms with van der Waals surface area (Å²) in [5.74, 6) is -12.9. The minimum absolute atomic E-state index is 0.0122. The number of hydrogen-bond donors (Lipinski definition) is 6. The van der Waals surface area contributed by atoms with Gasteiger partial charge in [-0.1, -0.05) is 36.4 Å². The number of carbonyl (C=O) groups excluding carboxylic acids is 3. The average molecular weight is 605 g/mol. The lowest BCUT2D eigenvalue weighted by molar-refractivity contribution is -0.387. The molecular formula is C31H32N4O9. The maximum atomic E-state index is 13.5. The van der Waals surface area contributed by atoms with Gasteiger partial charge in [0.1, 0.15) is 0 Å². The summed E-state index contributed by atoms with van der Waals surface area (Å²) in [5, 5.41) is 55.0. The molecule has 6 N–H and O–H groups in total. The lowest BCUT2D eigenvalue weighted by atomic mass is 9.86. The lowest BCUT2D eigenvalue weighted by Gasteiger charge is -2.50. The summed E-state index contributed by atoms with van der Waals surface area (Å²) in [7, 11) is 0. The molecule has 44 heavy (non-hydrogen) atoms. The van der Waals surface area contributed by atoms with Gasteiger partial charge in [-0.05, 0) is 42.9 Å². The number of benzene rings is 2. The van der Waals surface area contributed by atoms with Crippen molar-refractivity contribution in [2.75, 3.05) is 24.6 Å². The molecule has 1 spiro atoms. The molecule has 3 amide bonds. The van der Waals surface area contributed by atoms with Gasteiger partial charge in [-0.25, -0.2) is 0 Å². The second-order valence-electron chi connectivity index (χ2n) is 12.2. The Bertz CT molecular complexity index is 1690. The van der Waals surface area contributed by atoms with Crippen LogP contribution < -0.4 is 10.2 Å². The highest BCUT2D eigenvalue weighted by Crippen LogP contribution is 2.46. The van der Waals surface area contributed by atoms with Crippen LogP contribution in [0.2, 0.25) is 0 Å². The molecule has 0 aliphatic carbocycles. The van der Waals surface area contributed by atoms with Gasteiger partial charge in [0.25, 0.3) is 29.2 Å². The molecule has 1 atom stereocenters. The normalized spacial score (nSPS) is 25.7. The van der Waals surface area contributed by atoms with Crippen LogP contribution in [-0.2, 0) is 27.3 Å². The Labute approximate surface area is 251 Å². The van der Waals surface area contributed by atoms with Crippen molar-refractivity contribution in [3.63, 3.8) is 0 Å². The number of nitrogens with one attached hydrogen (secondary N) is 1. The fraction of sp³-hybridized carbons (Fsp3) is 0.419. The van der Waals surface area contributed by atoms with Crippen molar-refractivity contribution in [2.24, 2.45) is 0 Å². The first-order chi connectivity index (χ1) is 20.9. The van der Waals surface area contributed by atoms with E-state index in [0.717, 1.165) is 57.5 Å². The third kappa shape index (κ3) is 4.05. The molecule has 2 aromatic carbocycles. The SMILES string of the molecule is O=C1c2cccc3c(Cc4ccc(CN5CCC6(CCCO6)CC5)cc4)ncc(c23)N1C1(O)C(=O)NC(=O)C(O)(O)C1(O)O. The van der Waals surface area contributed by atoms with Crippen LogP contribution in [-0.4, -0.2) is 95.7 Å². The van der Waals surface area contributed by atoms with E-state index in [1.807, 2.05) is 12.1 Å². The third-order valence-corrected chi connectivity index (χ3v) is 9.56. The Morgan fingerprint density at radius 2 is 1.59 bits per heavy atom. The van der Waals surface area contributed by atoms with E-state index in [0.29, 0.717) is 22.4 Å². The summed E-state index contributed by atoms with van der Waals surface area (Å²) < 4.78 is 6.04. The Morgan fingerprint density at radius 1 is 0.886 bits per heavy atom. The summed E-state index contributed by atoms with van der Waals surface area (Å²) in [6.07, 6.45) is 5.98. The first kappa shape index (κ1) is 28.9. The molecule has 4 aliphatic heterocycles. The van der Waals surface area contributed by atoms with Crippen LogP contribution in [0, 0.1) is 0 Å². The number of hydrogen-bond acceptors (Lipinski definition) is 11. The van der Waals surface area contributed by atoms with Crippen LogP contribution in [0.15, 0.2) is 48.7 Å². The number of aromatic nitrogens is 1. The second-order valence-corrected chi connectivity index (χ2v) is 12.2. The van der Waals surface area contributed by atoms with E-state index >= 15 is 0 Å². The van der Waals surface area contributed by atoms with Gasteiger partial charge >= 0.3 is 5.79 Å². The Hall–Kier alpha value is -3.82. The number of piperidine rings is 2. The van der Waals surface area contributed by atoms with Gasteiger partial charge in [0, 0.05) is 43.4 Å². The molecule has 4 aliphatic rings. The maximum Gasteiger partial charge on any atom is 0.306 e. The lowest BCUT2D eigenvalue weighted by Crippen LogP contribution is -2.86. The van der Waals surface area contributed by atoms with Crippen molar-refractivity contribution in [1.29, 1.82) is 0 Å². The number of amides is 3. The van der Waals surface area contributed by atoms with Gasteiger partial charge in [0.05, 0.1) is 28.7 Å². The minimum Gasteiger partial charge on any atom is -0.375 e. The number of rotatable bonds is 5. The fourth-order valence-electron chi connectivity index (χ4n) is 6.96. The zero-order chi connectivity index (χ0) is 31.1. The van der Waals surface area contributed by atoms with Crippen LogP contribution in [0.3, 0.4) is 0 Å². The molecule has 0 saturated carbocycles. The first-order valence-corrected chi connectivity index (χ1v) is 14.5. The zero-order valence-electron chi connectivity index (χ0n) is 23.7. The Morgan fingerprint density at radius 3 is 2.27 bits per heavy atom. The number of anilines is 1. The largest absolute Gasteiger partial charge is 0.375 e. The van der Waals surface area contributed by atoms with Crippen molar-refractivity contribution in [3.8, 4) is 0 Å². The summed E-state index contributed by atoms with van der Waals surface area (Å²) in [6, 6.07) is 12.9. The molecule has 3 aromatic rings. The highest BCUT2D eigenvalue weighted by molar-refractivity contribution is 6.28. The smallest absolute Gasteiger partial charge is 0.306 e. The van der Waals surface area contributed by atoms with Crippen LogP contribution in [0.5, 0.6) is 0 Å². The van der Waals surface area contributed by atoms with Gasteiger partial charge < -0.3 is 30.3 Å². The van der Waals surface area contributed by atoms with Crippen LogP contribution >= 0.6 is 0 Å². The van der Waals surface area contributed by atoms with E-state index in [1.54, 1.807) is 12.1 Å². The fourth-order valence-corrected chi connectivity index (χ4v) is 6.96. The number of nitrogens with zero attached hydrogens (tertiary/aromatic N) is 3. The van der Waals surface area contributed by atoms with Gasteiger partial charge in [0.15, 0.2) is 0 Å². The van der Waals surface area contributed by atoms with Crippen LogP contribution in [0.25, 0.3) is 10.8 Å². The number of carbonyl (C=O) groups is 3.